The van der Waals surface area contributed by atoms with Crippen LogP contribution in [0.25, 0.3) is 22.5 Å². The van der Waals surface area contributed by atoms with Crippen LogP contribution >= 0.6 is 0 Å². The molecule has 8 nitrogen and oxygen atoms in total. The van der Waals surface area contributed by atoms with E-state index in [9.17, 15) is 18.0 Å². The highest BCUT2D eigenvalue weighted by Crippen LogP contribution is 2.28. The van der Waals surface area contributed by atoms with E-state index in [1.54, 1.807) is 43.8 Å². The third-order valence-electron chi connectivity index (χ3n) is 4.46. The third-order valence-corrected chi connectivity index (χ3v) is 4.46. The smallest absolute Gasteiger partial charge is 0.325 e. The largest absolute Gasteiger partial charge is 0.496 e. The number of aryl methyl sites for hydroxylation is 1. The molecule has 0 saturated heterocycles. The lowest BCUT2D eigenvalue weighted by Gasteiger charge is -2.07. The molecule has 0 aliphatic carbocycles. The SMILES string of the molecule is Cc1nc(-c2cc#[n+]c(C(F)(F)F)c2)cn1CC(=O)Nc1ccc(-c2cnccn2)cn1. The van der Waals surface area contributed by atoms with E-state index in [1.807, 2.05) is 0 Å². The topological polar surface area (TPSA) is 99.7 Å². The molecule has 4 aromatic rings. The number of nitrogens with one attached hydrogen (secondary N) is 1. The van der Waals surface area contributed by atoms with Crippen LogP contribution in [0.5, 0.6) is 0 Å². The molecule has 1 amide bonds. The zero-order chi connectivity index (χ0) is 22.7. The lowest BCUT2D eigenvalue weighted by atomic mass is 10.2. The van der Waals surface area contributed by atoms with Crippen molar-refractivity contribution in [2.24, 2.45) is 0 Å². The maximum Gasteiger partial charge on any atom is 0.496 e. The number of anilines is 1. The van der Waals surface area contributed by atoms with Crippen LogP contribution in [0.1, 0.15) is 11.5 Å². The Morgan fingerprint density at radius 3 is 2.69 bits per heavy atom. The first-order valence-electron chi connectivity index (χ1n) is 9.31. The first kappa shape index (κ1) is 20.9. The van der Waals surface area contributed by atoms with Gasteiger partial charge in [-0.25, -0.2) is 9.97 Å². The lowest BCUT2D eigenvalue weighted by molar-refractivity contribution is -0.359. The fraction of sp³-hybridized carbons (Fsp3) is 0.143. The number of pyridine rings is 1. The van der Waals surface area contributed by atoms with Gasteiger partial charge in [0.15, 0.2) is 0 Å². The summed E-state index contributed by atoms with van der Waals surface area (Å²) in [6, 6.07) is 5.60. The van der Waals surface area contributed by atoms with Gasteiger partial charge < -0.3 is 9.88 Å². The van der Waals surface area contributed by atoms with Crippen LogP contribution in [-0.4, -0.2) is 30.4 Å². The van der Waals surface area contributed by atoms with Gasteiger partial charge in [-0.3, -0.25) is 14.8 Å². The Morgan fingerprint density at radius 2 is 2.00 bits per heavy atom. The van der Waals surface area contributed by atoms with Crippen LogP contribution in [0.3, 0.4) is 0 Å². The standard InChI is InChI=1S/C21H14F3N7O/c1-13-29-17(14-4-5-27-18(8-14)21(22,23)24)11-31(13)12-20(32)30-19-3-2-15(9-28-19)16-10-25-6-7-26-16/h2-4,6-11H,12H2,1H3/p+1. The molecule has 0 atom stereocenters. The summed E-state index contributed by atoms with van der Waals surface area (Å²) in [4.78, 5) is 32.3. The minimum absolute atomic E-state index is 0.0899. The highest BCUT2D eigenvalue weighted by Gasteiger charge is 2.42. The van der Waals surface area contributed by atoms with Crippen molar-refractivity contribution in [2.75, 3.05) is 5.32 Å². The third kappa shape index (κ3) is 4.70. The van der Waals surface area contributed by atoms with E-state index < -0.39 is 11.9 Å². The van der Waals surface area contributed by atoms with Crippen LogP contribution in [0.2, 0.25) is 0 Å². The normalized spacial score (nSPS) is 11.1. The Hall–Kier alpha value is -4.33. The Labute approximate surface area is 180 Å². The average molecular weight is 438 g/mol. The van der Waals surface area contributed by atoms with Crippen LogP contribution in [0, 0.1) is 13.1 Å². The maximum absolute atomic E-state index is 12.9. The highest BCUT2D eigenvalue weighted by atomic mass is 19.4. The van der Waals surface area contributed by atoms with Gasteiger partial charge in [0.1, 0.15) is 18.2 Å². The molecule has 0 saturated carbocycles. The van der Waals surface area contributed by atoms with E-state index in [1.165, 1.54) is 16.8 Å². The Morgan fingerprint density at radius 1 is 1.16 bits per heavy atom. The number of nitrogens with zero attached hydrogens (tertiary/aromatic N) is 6. The highest BCUT2D eigenvalue weighted by molar-refractivity contribution is 5.89. The molecule has 160 valence electrons. The molecule has 4 aromatic heterocycles. The number of carbonyl (C=O) groups excluding carboxylic acids is 1. The van der Waals surface area contributed by atoms with E-state index in [-0.39, 0.29) is 23.7 Å². The first-order valence-corrected chi connectivity index (χ1v) is 9.31. The predicted molar refractivity (Wildman–Crippen MR) is 106 cm³/mol. The summed E-state index contributed by atoms with van der Waals surface area (Å²) in [7, 11) is 0. The average Bonchev–Trinajstić information content (AvgIpc) is 3.14. The summed E-state index contributed by atoms with van der Waals surface area (Å²) < 4.78 is 40.2. The van der Waals surface area contributed by atoms with Crippen LogP contribution in [-0.2, 0) is 17.5 Å². The van der Waals surface area contributed by atoms with Gasteiger partial charge in [0, 0.05) is 42.0 Å². The van der Waals surface area contributed by atoms with Crippen molar-refractivity contribution in [2.45, 2.75) is 19.6 Å². The summed E-state index contributed by atoms with van der Waals surface area (Å²) in [5.41, 5.74) is 0.831. The van der Waals surface area contributed by atoms with Crippen molar-refractivity contribution in [3.05, 3.63) is 73.0 Å². The fourth-order valence-electron chi connectivity index (χ4n) is 2.90. The second kappa shape index (κ2) is 8.43. The van der Waals surface area contributed by atoms with Gasteiger partial charge in [0.25, 0.3) is 0 Å². The molecule has 4 rings (SSSR count). The van der Waals surface area contributed by atoms with Gasteiger partial charge in [-0.15, -0.1) is 0 Å². The molecule has 0 unspecified atom stereocenters. The lowest BCUT2D eigenvalue weighted by Crippen LogP contribution is -2.19. The number of amides is 1. The van der Waals surface area contributed by atoms with Crippen molar-refractivity contribution >= 4 is 11.7 Å². The molecule has 0 aliphatic heterocycles. The Balaban J connectivity index is 1.45. The molecule has 0 spiro atoms. The Kier molecular flexibility index (Phi) is 5.51. The molecule has 0 aliphatic rings. The van der Waals surface area contributed by atoms with Crippen molar-refractivity contribution in [1.29, 1.82) is 0 Å². The number of hydrogen-bond donors (Lipinski definition) is 1. The minimum atomic E-state index is -4.58. The van der Waals surface area contributed by atoms with Crippen LogP contribution < -0.4 is 10.3 Å². The summed E-state index contributed by atoms with van der Waals surface area (Å²) in [6.45, 7) is 1.56. The molecule has 1 N–H and O–H groups in total. The van der Waals surface area contributed by atoms with Gasteiger partial charge >= 0.3 is 18.1 Å². The summed E-state index contributed by atoms with van der Waals surface area (Å²) in [5.74, 6) is 0.444. The number of hydrogen-bond acceptors (Lipinski definition) is 5. The predicted octanol–water partition coefficient (Wildman–Crippen LogP) is 2.77. The summed E-state index contributed by atoms with van der Waals surface area (Å²) in [5, 5.41) is 2.67. The number of rotatable bonds is 5. The van der Waals surface area contributed by atoms with Crippen molar-refractivity contribution in [3.8, 4) is 22.5 Å². The molecule has 0 fully saturated rings. The van der Waals surface area contributed by atoms with E-state index in [4.69, 9.17) is 0 Å². The van der Waals surface area contributed by atoms with Crippen molar-refractivity contribution < 1.29 is 22.9 Å². The van der Waals surface area contributed by atoms with E-state index in [0.717, 1.165) is 11.6 Å². The number of alkyl halides is 3. The van der Waals surface area contributed by atoms with E-state index in [0.29, 0.717) is 17.3 Å². The zero-order valence-electron chi connectivity index (χ0n) is 16.6. The quantitative estimate of drug-likeness (QED) is 0.514. The number of carbonyl (C=O) groups is 1. The fourth-order valence-corrected chi connectivity index (χ4v) is 2.90. The van der Waals surface area contributed by atoms with Gasteiger partial charge in [-0.1, -0.05) is 0 Å². The van der Waals surface area contributed by atoms with Gasteiger partial charge in [0.05, 0.1) is 23.7 Å². The van der Waals surface area contributed by atoms with Gasteiger partial charge in [0.2, 0.25) is 5.91 Å². The summed E-state index contributed by atoms with van der Waals surface area (Å²) >= 11 is 0. The van der Waals surface area contributed by atoms with Gasteiger partial charge in [-0.05, 0) is 24.0 Å². The number of imidazole rings is 1. The molecule has 11 heteroatoms. The zero-order valence-corrected chi connectivity index (χ0v) is 16.6. The van der Waals surface area contributed by atoms with E-state index >= 15 is 0 Å². The second-order valence-corrected chi connectivity index (χ2v) is 6.74. The number of halogens is 3. The Bertz CT molecular complexity index is 1240. The molecule has 0 aromatic carbocycles. The first-order chi connectivity index (χ1) is 15.3. The maximum atomic E-state index is 12.9. The molecule has 0 radical (unpaired) electrons. The summed E-state index contributed by atoms with van der Waals surface area (Å²) in [6.07, 6.45) is 5.47. The molecule has 0 bridgehead atoms. The molecular weight excluding hydrogens is 423 g/mol. The monoisotopic (exact) mass is 438 g/mol. The van der Waals surface area contributed by atoms with Crippen LogP contribution in [0.15, 0.2) is 55.2 Å². The second-order valence-electron chi connectivity index (χ2n) is 6.74. The molecule has 4 heterocycles. The molecular formula is C21H15F3N7O+. The van der Waals surface area contributed by atoms with Crippen molar-refractivity contribution in [1.82, 2.24) is 24.5 Å². The number of aromatic nitrogens is 6. The van der Waals surface area contributed by atoms with Gasteiger partial charge in [-0.2, -0.15) is 13.2 Å². The van der Waals surface area contributed by atoms with E-state index in [2.05, 4.69) is 36.4 Å². The minimum Gasteiger partial charge on any atom is -0.325 e. The molecule has 32 heavy (non-hydrogen) atoms. The van der Waals surface area contributed by atoms with Crippen molar-refractivity contribution in [3.63, 3.8) is 0 Å². The van der Waals surface area contributed by atoms with Crippen LogP contribution in [0.4, 0.5) is 19.0 Å².